The fourth-order valence-corrected chi connectivity index (χ4v) is 2.25. The molecule has 0 aliphatic carbocycles. The van der Waals surface area contributed by atoms with Crippen LogP contribution in [-0.4, -0.2) is 9.97 Å². The van der Waals surface area contributed by atoms with Crippen LogP contribution in [0.15, 0.2) is 28.7 Å². The maximum absolute atomic E-state index is 5.89. The summed E-state index contributed by atoms with van der Waals surface area (Å²) in [6.45, 7) is 1.98. The Kier molecular flexibility index (Phi) is 4.04. The van der Waals surface area contributed by atoms with Crippen molar-refractivity contribution in [3.63, 3.8) is 0 Å². The van der Waals surface area contributed by atoms with E-state index < -0.39 is 0 Å². The second kappa shape index (κ2) is 5.54. The van der Waals surface area contributed by atoms with Crippen LogP contribution in [-0.2, 0) is 6.42 Å². The number of benzene rings is 1. The zero-order valence-corrected chi connectivity index (χ0v) is 12.1. The Labute approximate surface area is 119 Å². The second-order valence-corrected chi connectivity index (χ2v) is 4.99. The minimum Gasteiger partial charge on any atom is -0.384 e. The number of nitrogen functional groups attached to an aromatic ring is 1. The summed E-state index contributed by atoms with van der Waals surface area (Å²) < 4.78 is 0.866. The first-order chi connectivity index (χ1) is 8.58. The molecule has 4 nitrogen and oxygen atoms in total. The fourth-order valence-electron chi connectivity index (χ4n) is 1.47. The third-order valence-electron chi connectivity index (χ3n) is 2.30. The van der Waals surface area contributed by atoms with Gasteiger partial charge in [-0.05, 0) is 34.1 Å². The van der Waals surface area contributed by atoms with Gasteiger partial charge in [0.2, 0.25) is 0 Å². The van der Waals surface area contributed by atoms with Crippen LogP contribution in [0.4, 0.5) is 17.3 Å². The van der Waals surface area contributed by atoms with Crippen molar-refractivity contribution in [2.45, 2.75) is 13.3 Å². The zero-order valence-electron chi connectivity index (χ0n) is 9.74. The average molecular weight is 328 g/mol. The molecule has 0 bridgehead atoms. The van der Waals surface area contributed by atoms with Crippen molar-refractivity contribution in [3.05, 3.63) is 39.6 Å². The summed E-state index contributed by atoms with van der Waals surface area (Å²) in [7, 11) is 0. The van der Waals surface area contributed by atoms with Crippen LogP contribution in [0.25, 0.3) is 0 Å². The molecule has 0 fully saturated rings. The van der Waals surface area contributed by atoms with Gasteiger partial charge in [0.1, 0.15) is 17.5 Å². The monoisotopic (exact) mass is 326 g/mol. The molecule has 0 unspecified atom stereocenters. The Bertz CT molecular complexity index is 574. The van der Waals surface area contributed by atoms with E-state index in [0.29, 0.717) is 22.5 Å². The Morgan fingerprint density at radius 2 is 2.11 bits per heavy atom. The molecule has 6 heteroatoms. The van der Waals surface area contributed by atoms with Crippen molar-refractivity contribution in [1.29, 1.82) is 0 Å². The fraction of sp³-hybridized carbons (Fsp3) is 0.167. The SMILES string of the molecule is CCc1nc(N)cc(Nc2ccc(Cl)cc2Br)n1. The third kappa shape index (κ3) is 3.11. The summed E-state index contributed by atoms with van der Waals surface area (Å²) >= 11 is 9.33. The van der Waals surface area contributed by atoms with Crippen LogP contribution in [0, 0.1) is 0 Å². The van der Waals surface area contributed by atoms with Gasteiger partial charge in [-0.2, -0.15) is 0 Å². The highest BCUT2D eigenvalue weighted by Crippen LogP contribution is 2.28. The highest BCUT2D eigenvalue weighted by atomic mass is 79.9. The van der Waals surface area contributed by atoms with E-state index in [1.807, 2.05) is 19.1 Å². The molecule has 0 amide bonds. The van der Waals surface area contributed by atoms with Crippen LogP contribution in [0.1, 0.15) is 12.7 Å². The van der Waals surface area contributed by atoms with Crippen LogP contribution in [0.5, 0.6) is 0 Å². The van der Waals surface area contributed by atoms with Crippen molar-refractivity contribution in [3.8, 4) is 0 Å². The van der Waals surface area contributed by atoms with Crippen LogP contribution in [0.3, 0.4) is 0 Å². The van der Waals surface area contributed by atoms with E-state index in [2.05, 4.69) is 31.2 Å². The molecule has 1 aromatic heterocycles. The summed E-state index contributed by atoms with van der Waals surface area (Å²) in [5.41, 5.74) is 6.60. The first-order valence-corrected chi connectivity index (χ1v) is 6.61. The van der Waals surface area contributed by atoms with E-state index in [1.54, 1.807) is 12.1 Å². The van der Waals surface area contributed by atoms with Gasteiger partial charge in [-0.25, -0.2) is 9.97 Å². The first-order valence-electron chi connectivity index (χ1n) is 5.44. The molecule has 0 aliphatic heterocycles. The summed E-state index contributed by atoms with van der Waals surface area (Å²) in [6, 6.07) is 7.19. The Morgan fingerprint density at radius 1 is 1.33 bits per heavy atom. The number of nitrogens with one attached hydrogen (secondary N) is 1. The van der Waals surface area contributed by atoms with Crippen molar-refractivity contribution in [2.24, 2.45) is 0 Å². The number of nitrogens with two attached hydrogens (primary N) is 1. The number of hydrogen-bond donors (Lipinski definition) is 2. The number of nitrogens with zero attached hydrogens (tertiary/aromatic N) is 2. The molecule has 2 rings (SSSR count). The predicted molar refractivity (Wildman–Crippen MR) is 78.3 cm³/mol. The first kappa shape index (κ1) is 13.1. The number of rotatable bonds is 3. The van der Waals surface area contributed by atoms with Crippen molar-refractivity contribution >= 4 is 44.9 Å². The molecule has 0 saturated heterocycles. The van der Waals surface area contributed by atoms with Crippen molar-refractivity contribution in [2.75, 3.05) is 11.1 Å². The Morgan fingerprint density at radius 3 is 2.78 bits per heavy atom. The van der Waals surface area contributed by atoms with Gasteiger partial charge in [0, 0.05) is 22.0 Å². The highest BCUT2D eigenvalue weighted by molar-refractivity contribution is 9.10. The van der Waals surface area contributed by atoms with Gasteiger partial charge in [0.05, 0.1) is 5.69 Å². The maximum atomic E-state index is 5.89. The lowest BCUT2D eigenvalue weighted by atomic mass is 10.3. The summed E-state index contributed by atoms with van der Waals surface area (Å²) in [5, 5.41) is 3.85. The lowest BCUT2D eigenvalue weighted by Gasteiger charge is -2.09. The van der Waals surface area contributed by atoms with Crippen molar-refractivity contribution in [1.82, 2.24) is 9.97 Å². The van der Waals surface area contributed by atoms with Gasteiger partial charge >= 0.3 is 0 Å². The molecule has 0 radical (unpaired) electrons. The van der Waals surface area contributed by atoms with Gasteiger partial charge in [-0.1, -0.05) is 18.5 Å². The summed E-state index contributed by atoms with van der Waals surface area (Å²) in [6.07, 6.45) is 0.738. The standard InChI is InChI=1S/C12H12BrClN4/c1-2-11-17-10(15)6-12(18-11)16-9-4-3-7(14)5-8(9)13/h3-6H,2H2,1H3,(H3,15,16,17,18). The minimum absolute atomic E-state index is 0.453. The lowest BCUT2D eigenvalue weighted by molar-refractivity contribution is 0.948. The van der Waals surface area contributed by atoms with E-state index in [9.17, 15) is 0 Å². The minimum atomic E-state index is 0.453. The molecular weight excluding hydrogens is 316 g/mol. The molecule has 3 N–H and O–H groups in total. The molecule has 94 valence electrons. The topological polar surface area (TPSA) is 63.8 Å². The van der Waals surface area contributed by atoms with Crippen LogP contribution in [0.2, 0.25) is 5.02 Å². The van der Waals surface area contributed by atoms with Gasteiger partial charge in [-0.3, -0.25) is 0 Å². The van der Waals surface area contributed by atoms with Crippen LogP contribution < -0.4 is 11.1 Å². The quantitative estimate of drug-likeness (QED) is 0.900. The number of aryl methyl sites for hydroxylation is 1. The zero-order chi connectivity index (χ0) is 13.1. The lowest BCUT2D eigenvalue weighted by Crippen LogP contribution is -2.03. The Balaban J connectivity index is 2.30. The van der Waals surface area contributed by atoms with E-state index in [4.69, 9.17) is 17.3 Å². The predicted octanol–water partition coefficient (Wildman–Crippen LogP) is 3.78. The van der Waals surface area contributed by atoms with E-state index in [-0.39, 0.29) is 0 Å². The average Bonchev–Trinajstić information content (AvgIpc) is 2.32. The van der Waals surface area contributed by atoms with E-state index in [0.717, 1.165) is 16.6 Å². The molecule has 1 aromatic carbocycles. The van der Waals surface area contributed by atoms with Gasteiger partial charge < -0.3 is 11.1 Å². The third-order valence-corrected chi connectivity index (χ3v) is 3.19. The van der Waals surface area contributed by atoms with Crippen molar-refractivity contribution < 1.29 is 0 Å². The smallest absolute Gasteiger partial charge is 0.136 e. The molecule has 0 spiro atoms. The maximum Gasteiger partial charge on any atom is 0.136 e. The van der Waals surface area contributed by atoms with Gasteiger partial charge in [-0.15, -0.1) is 0 Å². The molecule has 1 heterocycles. The number of aromatic nitrogens is 2. The summed E-state index contributed by atoms with van der Waals surface area (Å²) in [5.74, 6) is 1.83. The van der Waals surface area contributed by atoms with E-state index >= 15 is 0 Å². The largest absolute Gasteiger partial charge is 0.384 e. The molecule has 0 aliphatic rings. The molecule has 2 aromatic rings. The normalized spacial score (nSPS) is 10.4. The van der Waals surface area contributed by atoms with Gasteiger partial charge in [0.15, 0.2) is 0 Å². The number of anilines is 3. The highest BCUT2D eigenvalue weighted by Gasteiger charge is 2.05. The van der Waals surface area contributed by atoms with Crippen LogP contribution >= 0.6 is 27.5 Å². The van der Waals surface area contributed by atoms with Gasteiger partial charge in [0.25, 0.3) is 0 Å². The number of hydrogen-bond acceptors (Lipinski definition) is 4. The molecular formula is C12H12BrClN4. The summed E-state index contributed by atoms with van der Waals surface area (Å²) in [4.78, 5) is 8.48. The number of halogens is 2. The molecule has 0 atom stereocenters. The second-order valence-electron chi connectivity index (χ2n) is 3.70. The Hall–Kier alpha value is -1.33. The molecule has 0 saturated carbocycles. The molecule has 18 heavy (non-hydrogen) atoms. The van der Waals surface area contributed by atoms with E-state index in [1.165, 1.54) is 0 Å².